The fourth-order valence-electron chi connectivity index (χ4n) is 2.36. The molecule has 2 N–H and O–H groups in total. The van der Waals surface area contributed by atoms with Gasteiger partial charge in [-0.25, -0.2) is 4.57 Å². The number of benzene rings is 1. The van der Waals surface area contributed by atoms with Crippen LogP contribution in [0.25, 0.3) is 10.9 Å². The van der Waals surface area contributed by atoms with Crippen molar-refractivity contribution in [3.05, 3.63) is 40.7 Å². The molecule has 0 fully saturated rings. The van der Waals surface area contributed by atoms with Crippen LogP contribution in [0, 0.1) is 5.92 Å². The van der Waals surface area contributed by atoms with Gasteiger partial charge in [0.25, 0.3) is 5.56 Å². The van der Waals surface area contributed by atoms with Crippen LogP contribution in [0.4, 0.5) is 0 Å². The molecule has 0 spiro atoms. The maximum Gasteiger partial charge on any atom is 0.257 e. The number of carbonyl (C=O) groups excluding carboxylic acids is 1. The Hall–Kier alpha value is -2.14. The Balaban J connectivity index is 2.39. The van der Waals surface area contributed by atoms with E-state index in [-0.39, 0.29) is 17.4 Å². The number of aromatic nitrogens is 1. The van der Waals surface area contributed by atoms with Crippen LogP contribution in [0.5, 0.6) is 5.75 Å². The number of nitrogens with two attached hydrogens (primary N) is 1. The fourth-order valence-corrected chi connectivity index (χ4v) is 2.36. The SMILES string of the molecule is CCC(C)C(=O)n1c(=O)ccc2ccc(OCCCCN)cc21. The van der Waals surface area contributed by atoms with Gasteiger partial charge in [-0.05, 0) is 49.4 Å². The van der Waals surface area contributed by atoms with Crippen LogP contribution in [0.15, 0.2) is 35.1 Å². The summed E-state index contributed by atoms with van der Waals surface area (Å²) in [6.45, 7) is 4.98. The Kier molecular flexibility index (Phi) is 5.93. The minimum absolute atomic E-state index is 0.177. The van der Waals surface area contributed by atoms with E-state index in [0.29, 0.717) is 30.8 Å². The topological polar surface area (TPSA) is 74.3 Å². The highest BCUT2D eigenvalue weighted by Gasteiger charge is 2.17. The summed E-state index contributed by atoms with van der Waals surface area (Å²) in [5.74, 6) is 0.279. The first-order valence-corrected chi connectivity index (χ1v) is 8.11. The van der Waals surface area contributed by atoms with Crippen LogP contribution in [0.1, 0.15) is 37.9 Å². The van der Waals surface area contributed by atoms with Crippen molar-refractivity contribution in [2.75, 3.05) is 13.2 Å². The molecule has 1 aromatic heterocycles. The zero-order valence-electron chi connectivity index (χ0n) is 13.7. The molecule has 0 amide bonds. The molecular weight excluding hydrogens is 292 g/mol. The van der Waals surface area contributed by atoms with E-state index >= 15 is 0 Å². The Labute approximate surface area is 136 Å². The van der Waals surface area contributed by atoms with E-state index in [4.69, 9.17) is 10.5 Å². The van der Waals surface area contributed by atoms with Crippen molar-refractivity contribution in [1.29, 1.82) is 0 Å². The number of unbranched alkanes of at least 4 members (excludes halogenated alkanes) is 1. The van der Waals surface area contributed by atoms with Crippen molar-refractivity contribution in [2.24, 2.45) is 11.7 Å². The van der Waals surface area contributed by atoms with E-state index in [1.54, 1.807) is 12.1 Å². The third-order valence-electron chi connectivity index (χ3n) is 3.99. The normalized spacial score (nSPS) is 12.3. The minimum atomic E-state index is -0.303. The Bertz CT molecular complexity index is 737. The van der Waals surface area contributed by atoms with E-state index in [9.17, 15) is 9.59 Å². The van der Waals surface area contributed by atoms with Gasteiger partial charge < -0.3 is 10.5 Å². The average Bonchev–Trinajstić information content (AvgIpc) is 2.57. The van der Waals surface area contributed by atoms with Gasteiger partial charge in [0.05, 0.1) is 12.1 Å². The van der Waals surface area contributed by atoms with Crippen molar-refractivity contribution in [1.82, 2.24) is 4.57 Å². The van der Waals surface area contributed by atoms with Gasteiger partial charge in [0.2, 0.25) is 5.91 Å². The highest BCUT2D eigenvalue weighted by Crippen LogP contribution is 2.21. The third-order valence-corrected chi connectivity index (χ3v) is 3.99. The van der Waals surface area contributed by atoms with Crippen molar-refractivity contribution in [2.45, 2.75) is 33.1 Å². The number of rotatable bonds is 7. The number of ether oxygens (including phenoxy) is 1. The van der Waals surface area contributed by atoms with Crippen molar-refractivity contribution < 1.29 is 9.53 Å². The van der Waals surface area contributed by atoms with Crippen LogP contribution in [-0.2, 0) is 0 Å². The van der Waals surface area contributed by atoms with Gasteiger partial charge >= 0.3 is 0 Å². The molecule has 1 atom stereocenters. The lowest BCUT2D eigenvalue weighted by molar-refractivity contribution is 0.0843. The molecule has 0 aliphatic rings. The zero-order chi connectivity index (χ0) is 16.8. The van der Waals surface area contributed by atoms with Gasteiger partial charge in [-0.2, -0.15) is 0 Å². The van der Waals surface area contributed by atoms with Gasteiger partial charge in [0.1, 0.15) is 5.75 Å². The molecule has 0 saturated heterocycles. The van der Waals surface area contributed by atoms with Gasteiger partial charge in [0.15, 0.2) is 0 Å². The lowest BCUT2D eigenvalue weighted by Crippen LogP contribution is -2.30. The van der Waals surface area contributed by atoms with E-state index in [1.807, 2.05) is 26.0 Å². The highest BCUT2D eigenvalue weighted by atomic mass is 16.5. The number of carbonyl (C=O) groups is 1. The predicted octanol–water partition coefficient (Wildman–Crippen LogP) is 2.81. The molecule has 124 valence electrons. The standard InChI is InChI=1S/C18H24N2O3/c1-3-13(2)18(22)20-16-12-15(23-11-5-4-10-19)8-6-14(16)7-9-17(20)21/h6-9,12-13H,3-5,10-11,19H2,1-2H3. The van der Waals surface area contributed by atoms with E-state index < -0.39 is 0 Å². The summed E-state index contributed by atoms with van der Waals surface area (Å²) in [6.07, 6.45) is 2.48. The molecule has 2 aromatic rings. The maximum absolute atomic E-state index is 12.5. The molecule has 5 heteroatoms. The second kappa shape index (κ2) is 7.92. The largest absolute Gasteiger partial charge is 0.494 e. The summed E-state index contributed by atoms with van der Waals surface area (Å²) in [6, 6.07) is 8.65. The molecule has 5 nitrogen and oxygen atoms in total. The molecular formula is C18H24N2O3. The van der Waals surface area contributed by atoms with Crippen LogP contribution in [0.2, 0.25) is 0 Å². The maximum atomic E-state index is 12.5. The second-order valence-electron chi connectivity index (χ2n) is 5.72. The molecule has 0 aliphatic carbocycles. The number of fused-ring (bicyclic) bond motifs is 1. The molecule has 2 rings (SSSR count). The lowest BCUT2D eigenvalue weighted by Gasteiger charge is -2.14. The molecule has 23 heavy (non-hydrogen) atoms. The second-order valence-corrected chi connectivity index (χ2v) is 5.72. The van der Waals surface area contributed by atoms with Crippen LogP contribution < -0.4 is 16.0 Å². The molecule has 1 heterocycles. The molecule has 0 saturated carbocycles. The molecule has 0 aliphatic heterocycles. The first-order chi connectivity index (χ1) is 11.1. The van der Waals surface area contributed by atoms with Crippen molar-refractivity contribution in [3.8, 4) is 5.75 Å². The first-order valence-electron chi connectivity index (χ1n) is 8.11. The van der Waals surface area contributed by atoms with Gasteiger partial charge in [-0.15, -0.1) is 0 Å². The summed E-state index contributed by atoms with van der Waals surface area (Å²) in [5, 5.41) is 0.843. The van der Waals surface area contributed by atoms with Gasteiger partial charge in [-0.1, -0.05) is 13.8 Å². The summed E-state index contributed by atoms with van der Waals surface area (Å²) in [4.78, 5) is 24.7. The quantitative estimate of drug-likeness (QED) is 0.797. The summed E-state index contributed by atoms with van der Waals surface area (Å²) >= 11 is 0. The predicted molar refractivity (Wildman–Crippen MR) is 92.1 cm³/mol. The van der Waals surface area contributed by atoms with Crippen molar-refractivity contribution in [3.63, 3.8) is 0 Å². The average molecular weight is 316 g/mol. The summed E-state index contributed by atoms with van der Waals surface area (Å²) < 4.78 is 6.96. The third kappa shape index (κ3) is 3.99. The monoisotopic (exact) mass is 316 g/mol. The minimum Gasteiger partial charge on any atom is -0.494 e. The highest BCUT2D eigenvalue weighted by molar-refractivity contribution is 5.92. The van der Waals surface area contributed by atoms with E-state index in [0.717, 1.165) is 18.2 Å². The summed E-state index contributed by atoms with van der Waals surface area (Å²) in [7, 11) is 0. The Morgan fingerprint density at radius 1 is 1.26 bits per heavy atom. The van der Waals surface area contributed by atoms with E-state index in [1.165, 1.54) is 10.6 Å². The summed E-state index contributed by atoms with van der Waals surface area (Å²) in [5.41, 5.74) is 5.76. The van der Waals surface area contributed by atoms with E-state index in [2.05, 4.69) is 0 Å². The Morgan fingerprint density at radius 2 is 2.00 bits per heavy atom. The molecule has 0 radical (unpaired) electrons. The molecule has 0 bridgehead atoms. The zero-order valence-corrected chi connectivity index (χ0v) is 13.7. The lowest BCUT2D eigenvalue weighted by atomic mass is 10.1. The van der Waals surface area contributed by atoms with Gasteiger partial charge in [-0.3, -0.25) is 9.59 Å². The number of hydrogen-bond acceptors (Lipinski definition) is 4. The number of hydrogen-bond donors (Lipinski definition) is 1. The number of nitrogens with zero attached hydrogens (tertiary/aromatic N) is 1. The van der Waals surface area contributed by atoms with Crippen molar-refractivity contribution >= 4 is 16.8 Å². The van der Waals surface area contributed by atoms with Crippen LogP contribution in [0.3, 0.4) is 0 Å². The number of pyridine rings is 1. The smallest absolute Gasteiger partial charge is 0.257 e. The molecule has 1 unspecified atom stereocenters. The van der Waals surface area contributed by atoms with Crippen LogP contribution in [-0.4, -0.2) is 23.6 Å². The first kappa shape index (κ1) is 17.2. The van der Waals surface area contributed by atoms with Crippen LogP contribution >= 0.6 is 0 Å². The Morgan fingerprint density at radius 3 is 2.70 bits per heavy atom. The molecule has 1 aromatic carbocycles. The fraction of sp³-hybridized carbons (Fsp3) is 0.444. The van der Waals surface area contributed by atoms with Gasteiger partial charge in [0, 0.05) is 18.1 Å².